The Hall–Kier alpha value is -2.44. The second kappa shape index (κ2) is 4.82. The van der Waals surface area contributed by atoms with E-state index in [1.165, 1.54) is 17.0 Å². The molecule has 0 bridgehead atoms. The van der Waals surface area contributed by atoms with Gasteiger partial charge >= 0.3 is 5.69 Å². The van der Waals surface area contributed by atoms with Crippen molar-refractivity contribution >= 4 is 11.7 Å². The lowest BCUT2D eigenvalue weighted by Gasteiger charge is -2.04. The van der Waals surface area contributed by atoms with E-state index < -0.39 is 5.69 Å². The maximum atomic E-state index is 11.7. The first kappa shape index (κ1) is 12.0. The minimum Gasteiger partial charge on any atom is -0.307 e. The molecule has 7 nitrogen and oxygen atoms in total. The van der Waals surface area contributed by atoms with Crippen LogP contribution in [-0.2, 0) is 11.3 Å². The number of nitrogens with zero attached hydrogens (tertiary/aromatic N) is 3. The van der Waals surface area contributed by atoms with Crippen LogP contribution in [0.1, 0.15) is 11.3 Å². The van der Waals surface area contributed by atoms with E-state index in [1.807, 2.05) is 13.8 Å². The molecule has 0 spiro atoms. The van der Waals surface area contributed by atoms with Crippen molar-refractivity contribution in [3.05, 3.63) is 40.2 Å². The summed E-state index contributed by atoms with van der Waals surface area (Å²) in [5.41, 5.74) is 1.31. The highest BCUT2D eigenvalue weighted by Gasteiger charge is 2.10. The average Bonchev–Trinajstić information content (AvgIpc) is 2.64. The van der Waals surface area contributed by atoms with Crippen LogP contribution in [0, 0.1) is 13.8 Å². The van der Waals surface area contributed by atoms with Gasteiger partial charge in [-0.3, -0.25) is 14.5 Å². The fourth-order valence-corrected chi connectivity index (χ4v) is 1.44. The van der Waals surface area contributed by atoms with E-state index in [1.54, 1.807) is 6.07 Å². The number of carbonyl (C=O) groups is 1. The van der Waals surface area contributed by atoms with Crippen molar-refractivity contribution in [3.63, 3.8) is 0 Å². The molecule has 0 aromatic carbocycles. The van der Waals surface area contributed by atoms with Crippen LogP contribution in [0.4, 0.5) is 5.82 Å². The molecule has 0 saturated carbocycles. The molecule has 2 aromatic rings. The number of amides is 1. The molecule has 0 fully saturated rings. The summed E-state index contributed by atoms with van der Waals surface area (Å²) < 4.78 is 1.23. The maximum absolute atomic E-state index is 11.7. The zero-order chi connectivity index (χ0) is 13.1. The number of aromatic amines is 1. The lowest BCUT2D eigenvalue weighted by molar-refractivity contribution is -0.116. The van der Waals surface area contributed by atoms with Gasteiger partial charge in [-0.05, 0) is 19.9 Å². The Kier molecular flexibility index (Phi) is 3.22. The number of hydrogen-bond donors (Lipinski definition) is 2. The third-order valence-electron chi connectivity index (χ3n) is 2.61. The second-order valence-corrected chi connectivity index (χ2v) is 3.90. The second-order valence-electron chi connectivity index (χ2n) is 3.90. The molecule has 0 unspecified atom stereocenters. The summed E-state index contributed by atoms with van der Waals surface area (Å²) in [7, 11) is 0. The van der Waals surface area contributed by atoms with Crippen LogP contribution in [0.15, 0.2) is 23.3 Å². The van der Waals surface area contributed by atoms with Gasteiger partial charge in [0.1, 0.15) is 6.54 Å². The van der Waals surface area contributed by atoms with Crippen LogP contribution < -0.4 is 11.0 Å². The molecular formula is C11H13N5O2. The highest BCUT2D eigenvalue weighted by molar-refractivity contribution is 5.90. The van der Waals surface area contributed by atoms with Crippen molar-refractivity contribution in [2.75, 3.05) is 5.32 Å². The summed E-state index contributed by atoms with van der Waals surface area (Å²) in [5.74, 6) is 0.161. The molecule has 0 saturated heterocycles. The molecular weight excluding hydrogens is 234 g/mol. The first-order chi connectivity index (χ1) is 8.58. The predicted molar refractivity (Wildman–Crippen MR) is 65.2 cm³/mol. The summed E-state index contributed by atoms with van der Waals surface area (Å²) in [6, 6.07) is 1.60. The van der Waals surface area contributed by atoms with E-state index in [0.29, 0.717) is 5.82 Å². The van der Waals surface area contributed by atoms with E-state index in [-0.39, 0.29) is 12.5 Å². The molecule has 2 heterocycles. The summed E-state index contributed by atoms with van der Waals surface area (Å²) in [6.07, 6.45) is 2.90. The fraction of sp³-hybridized carbons (Fsp3) is 0.273. The normalized spacial score (nSPS) is 10.3. The molecule has 7 heteroatoms. The van der Waals surface area contributed by atoms with E-state index in [4.69, 9.17) is 0 Å². The molecule has 0 aliphatic heterocycles. The first-order valence-electron chi connectivity index (χ1n) is 5.41. The summed E-state index contributed by atoms with van der Waals surface area (Å²) in [4.78, 5) is 26.6. The van der Waals surface area contributed by atoms with Gasteiger partial charge in [-0.25, -0.2) is 9.78 Å². The van der Waals surface area contributed by atoms with E-state index in [9.17, 15) is 9.59 Å². The minimum atomic E-state index is -0.456. The largest absolute Gasteiger partial charge is 0.347 e. The number of rotatable bonds is 3. The number of anilines is 1. The van der Waals surface area contributed by atoms with Gasteiger partial charge in [-0.15, -0.1) is 0 Å². The lowest BCUT2D eigenvalue weighted by Crippen LogP contribution is -2.28. The SMILES string of the molecule is Cc1[nH]nc(NC(=O)Cn2cccnc2=O)c1C. The van der Waals surface area contributed by atoms with Gasteiger partial charge in [0, 0.05) is 23.7 Å². The molecule has 0 aliphatic rings. The Morgan fingerprint density at radius 3 is 2.89 bits per heavy atom. The number of aryl methyl sites for hydroxylation is 1. The monoisotopic (exact) mass is 247 g/mol. The lowest BCUT2D eigenvalue weighted by atomic mass is 10.3. The van der Waals surface area contributed by atoms with Gasteiger partial charge in [-0.1, -0.05) is 0 Å². The van der Waals surface area contributed by atoms with Crippen LogP contribution in [0.5, 0.6) is 0 Å². The van der Waals surface area contributed by atoms with Gasteiger partial charge < -0.3 is 5.32 Å². The van der Waals surface area contributed by atoms with E-state index in [2.05, 4.69) is 20.5 Å². The number of hydrogen-bond acceptors (Lipinski definition) is 4. The number of H-pyrrole nitrogens is 1. The molecule has 0 aliphatic carbocycles. The molecule has 2 N–H and O–H groups in total. The van der Waals surface area contributed by atoms with Gasteiger partial charge in [0.25, 0.3) is 0 Å². The molecule has 94 valence electrons. The van der Waals surface area contributed by atoms with Crippen molar-refractivity contribution in [1.29, 1.82) is 0 Å². The summed E-state index contributed by atoms with van der Waals surface area (Å²) >= 11 is 0. The predicted octanol–water partition coefficient (Wildman–Crippen LogP) is 0.222. The van der Waals surface area contributed by atoms with Gasteiger partial charge in [0.2, 0.25) is 5.91 Å². The molecule has 0 atom stereocenters. The first-order valence-corrected chi connectivity index (χ1v) is 5.41. The van der Waals surface area contributed by atoms with Crippen LogP contribution in [0.2, 0.25) is 0 Å². The van der Waals surface area contributed by atoms with Crippen LogP contribution in [0.3, 0.4) is 0 Å². The molecule has 0 radical (unpaired) electrons. The van der Waals surface area contributed by atoms with E-state index >= 15 is 0 Å². The zero-order valence-electron chi connectivity index (χ0n) is 10.1. The molecule has 18 heavy (non-hydrogen) atoms. The number of carbonyl (C=O) groups excluding carboxylic acids is 1. The third-order valence-corrected chi connectivity index (χ3v) is 2.61. The van der Waals surface area contributed by atoms with Crippen LogP contribution in [-0.4, -0.2) is 25.7 Å². The van der Waals surface area contributed by atoms with Crippen molar-refractivity contribution in [1.82, 2.24) is 19.7 Å². The Morgan fingerprint density at radius 2 is 2.28 bits per heavy atom. The van der Waals surface area contributed by atoms with Crippen LogP contribution in [0.25, 0.3) is 0 Å². The molecule has 2 rings (SSSR count). The van der Waals surface area contributed by atoms with Crippen molar-refractivity contribution < 1.29 is 4.79 Å². The number of nitrogens with one attached hydrogen (secondary N) is 2. The maximum Gasteiger partial charge on any atom is 0.347 e. The standard InChI is InChI=1S/C11H13N5O2/c1-7-8(2)14-15-10(7)13-9(17)6-16-5-3-4-12-11(16)18/h3-5H,6H2,1-2H3,(H2,13,14,15,17). The van der Waals surface area contributed by atoms with E-state index in [0.717, 1.165) is 11.3 Å². The Bertz CT molecular complexity index is 628. The van der Waals surface area contributed by atoms with Gasteiger partial charge in [0.05, 0.1) is 0 Å². The summed E-state index contributed by atoms with van der Waals surface area (Å²) in [6.45, 7) is 3.63. The highest BCUT2D eigenvalue weighted by atomic mass is 16.2. The Labute approximate surface area is 103 Å². The highest BCUT2D eigenvalue weighted by Crippen LogP contribution is 2.13. The fourth-order valence-electron chi connectivity index (χ4n) is 1.44. The van der Waals surface area contributed by atoms with Crippen molar-refractivity contribution in [2.45, 2.75) is 20.4 Å². The molecule has 1 amide bonds. The summed E-state index contributed by atoms with van der Waals surface area (Å²) in [5, 5.41) is 9.37. The minimum absolute atomic E-state index is 0.0853. The Balaban J connectivity index is 2.08. The van der Waals surface area contributed by atoms with Crippen molar-refractivity contribution in [2.24, 2.45) is 0 Å². The van der Waals surface area contributed by atoms with Crippen molar-refractivity contribution in [3.8, 4) is 0 Å². The molecule has 2 aromatic heterocycles. The quantitative estimate of drug-likeness (QED) is 0.811. The van der Waals surface area contributed by atoms with Gasteiger partial charge in [0.15, 0.2) is 5.82 Å². The van der Waals surface area contributed by atoms with Crippen LogP contribution >= 0.6 is 0 Å². The smallest absolute Gasteiger partial charge is 0.307 e. The Morgan fingerprint density at radius 1 is 1.50 bits per heavy atom. The average molecular weight is 247 g/mol. The zero-order valence-corrected chi connectivity index (χ0v) is 10.1. The topological polar surface area (TPSA) is 92.7 Å². The number of aromatic nitrogens is 4. The van der Waals surface area contributed by atoms with Gasteiger partial charge in [-0.2, -0.15) is 5.10 Å². The third kappa shape index (κ3) is 2.45.